The average molecular weight is 423 g/mol. The van der Waals surface area contributed by atoms with Crippen LogP contribution in [0.3, 0.4) is 0 Å². The second-order valence-electron chi connectivity index (χ2n) is 4.98. The van der Waals surface area contributed by atoms with Crippen molar-refractivity contribution in [1.29, 1.82) is 0 Å². The van der Waals surface area contributed by atoms with Crippen LogP contribution in [0.1, 0.15) is 35.9 Å². The Morgan fingerprint density at radius 2 is 1.79 bits per heavy atom. The molecule has 0 spiro atoms. The van der Waals surface area contributed by atoms with E-state index in [9.17, 15) is 0 Å². The summed E-state index contributed by atoms with van der Waals surface area (Å²) >= 11 is 15.3. The summed E-state index contributed by atoms with van der Waals surface area (Å²) in [5, 5.41) is -0.106. The first-order valence-electron chi connectivity index (χ1n) is 6.15. The molecule has 1 aromatic carbocycles. The molecule has 1 heterocycles. The van der Waals surface area contributed by atoms with Gasteiger partial charge in [-0.15, -0.1) is 22.9 Å². The van der Waals surface area contributed by atoms with Crippen molar-refractivity contribution in [1.82, 2.24) is 0 Å². The van der Waals surface area contributed by atoms with Crippen LogP contribution < -0.4 is 0 Å². The lowest BCUT2D eigenvalue weighted by Gasteiger charge is -2.11. The smallest absolute Gasteiger partial charge is 0.0854 e. The molecule has 0 bridgehead atoms. The summed E-state index contributed by atoms with van der Waals surface area (Å²) in [6, 6.07) is 10.7. The molecular weight excluding hydrogens is 407 g/mol. The predicted octanol–water partition coefficient (Wildman–Crippen LogP) is 6.80. The highest BCUT2D eigenvalue weighted by atomic mass is 79.9. The van der Waals surface area contributed by atoms with Crippen LogP contribution in [-0.4, -0.2) is 0 Å². The second-order valence-corrected chi connectivity index (χ2v) is 9.17. The molecule has 0 aliphatic heterocycles. The van der Waals surface area contributed by atoms with Gasteiger partial charge in [0.2, 0.25) is 0 Å². The first-order valence-corrected chi connectivity index (χ1v) is 8.99. The zero-order valence-electron chi connectivity index (χ0n) is 10.8. The van der Waals surface area contributed by atoms with E-state index < -0.39 is 0 Å². The minimum atomic E-state index is -0.106. The minimum Gasteiger partial charge on any atom is -0.121 e. The van der Waals surface area contributed by atoms with Crippen molar-refractivity contribution in [2.45, 2.75) is 25.6 Å². The summed E-state index contributed by atoms with van der Waals surface area (Å²) < 4.78 is 2.18. The second kappa shape index (κ2) is 6.75. The van der Waals surface area contributed by atoms with Crippen molar-refractivity contribution in [3.8, 4) is 0 Å². The van der Waals surface area contributed by atoms with E-state index in [0.717, 1.165) is 25.1 Å². The Morgan fingerprint density at radius 3 is 2.26 bits per heavy atom. The fourth-order valence-electron chi connectivity index (χ4n) is 2.00. The average Bonchev–Trinajstić information content (AvgIpc) is 2.68. The molecule has 0 aliphatic rings. The maximum atomic E-state index is 6.56. The van der Waals surface area contributed by atoms with Gasteiger partial charge >= 0.3 is 0 Å². The highest BCUT2D eigenvalue weighted by Gasteiger charge is 2.16. The third-order valence-electron chi connectivity index (χ3n) is 2.87. The third kappa shape index (κ3) is 4.07. The third-order valence-corrected chi connectivity index (χ3v) is 5.75. The summed E-state index contributed by atoms with van der Waals surface area (Å²) in [6.45, 7) is 4.47. The normalized spacial score (nSPS) is 12.9. The van der Waals surface area contributed by atoms with Crippen molar-refractivity contribution in [2.75, 3.05) is 0 Å². The quantitative estimate of drug-likeness (QED) is 0.475. The zero-order valence-corrected chi connectivity index (χ0v) is 15.5. The summed E-state index contributed by atoms with van der Waals surface area (Å²) in [6.07, 6.45) is 1.11. The largest absolute Gasteiger partial charge is 0.121 e. The SMILES string of the molecule is CC(C)Cc1ccc(C(Cl)c2cc(Br)sc2Br)cc1. The van der Waals surface area contributed by atoms with Crippen LogP contribution in [0, 0.1) is 5.92 Å². The van der Waals surface area contributed by atoms with Crippen LogP contribution >= 0.6 is 54.8 Å². The van der Waals surface area contributed by atoms with Gasteiger partial charge in [0.1, 0.15) is 0 Å². The Hall–Kier alpha value is 0.170. The molecule has 0 radical (unpaired) electrons. The first-order chi connectivity index (χ1) is 8.97. The first kappa shape index (κ1) is 15.6. The van der Waals surface area contributed by atoms with Gasteiger partial charge in [0, 0.05) is 5.56 Å². The molecule has 0 N–H and O–H groups in total. The van der Waals surface area contributed by atoms with Crippen LogP contribution in [0.25, 0.3) is 0 Å². The van der Waals surface area contributed by atoms with E-state index in [1.165, 1.54) is 5.56 Å². The van der Waals surface area contributed by atoms with Crippen LogP contribution in [0.5, 0.6) is 0 Å². The molecule has 0 fully saturated rings. The number of hydrogen-bond acceptors (Lipinski definition) is 1. The van der Waals surface area contributed by atoms with Gasteiger partial charge in [-0.3, -0.25) is 0 Å². The van der Waals surface area contributed by atoms with E-state index in [-0.39, 0.29) is 5.38 Å². The number of alkyl halides is 1. The van der Waals surface area contributed by atoms with Gasteiger partial charge in [-0.25, -0.2) is 0 Å². The zero-order chi connectivity index (χ0) is 14.0. The fourth-order valence-corrected chi connectivity index (χ4v) is 5.42. The Labute approximate surface area is 140 Å². The molecule has 4 heteroatoms. The van der Waals surface area contributed by atoms with Gasteiger partial charge in [0.15, 0.2) is 0 Å². The van der Waals surface area contributed by atoms with Crippen molar-refractivity contribution in [3.05, 3.63) is 54.6 Å². The molecule has 0 saturated carbocycles. The molecule has 0 aliphatic carbocycles. The molecule has 2 aromatic rings. The van der Waals surface area contributed by atoms with Gasteiger partial charge in [-0.2, -0.15) is 0 Å². The molecular formula is C15H15Br2ClS. The Bertz CT molecular complexity index is 546. The van der Waals surface area contributed by atoms with E-state index in [1.54, 1.807) is 11.3 Å². The number of benzene rings is 1. The molecule has 19 heavy (non-hydrogen) atoms. The Balaban J connectivity index is 2.20. The number of hydrogen-bond donors (Lipinski definition) is 0. The Morgan fingerprint density at radius 1 is 1.16 bits per heavy atom. The van der Waals surface area contributed by atoms with Crippen LogP contribution in [-0.2, 0) is 6.42 Å². The summed E-state index contributed by atoms with van der Waals surface area (Å²) in [5.41, 5.74) is 3.63. The van der Waals surface area contributed by atoms with Gasteiger partial charge in [-0.05, 0) is 61.4 Å². The Kier molecular flexibility index (Phi) is 5.53. The van der Waals surface area contributed by atoms with E-state index in [4.69, 9.17) is 11.6 Å². The standard InChI is InChI=1S/C15H15Br2ClS/c1-9(2)7-10-3-5-11(6-4-10)14(18)12-8-13(16)19-15(12)17/h3-6,8-9,14H,7H2,1-2H3. The summed E-state index contributed by atoms with van der Waals surface area (Å²) in [5.74, 6) is 0.680. The maximum absolute atomic E-state index is 6.56. The fraction of sp³-hybridized carbons (Fsp3) is 0.333. The molecule has 2 rings (SSSR count). The van der Waals surface area contributed by atoms with Crippen LogP contribution in [0.15, 0.2) is 37.9 Å². The lowest BCUT2D eigenvalue weighted by Crippen LogP contribution is -1.96. The summed E-state index contributed by atoms with van der Waals surface area (Å²) in [4.78, 5) is 0. The number of rotatable bonds is 4. The molecule has 1 unspecified atom stereocenters. The number of thiophene rings is 1. The molecule has 0 amide bonds. The van der Waals surface area contributed by atoms with E-state index in [2.05, 4.69) is 76.0 Å². The molecule has 0 nitrogen and oxygen atoms in total. The molecule has 1 atom stereocenters. The predicted molar refractivity (Wildman–Crippen MR) is 92.4 cm³/mol. The van der Waals surface area contributed by atoms with Crippen molar-refractivity contribution in [2.24, 2.45) is 5.92 Å². The van der Waals surface area contributed by atoms with Gasteiger partial charge in [0.05, 0.1) is 12.9 Å². The maximum Gasteiger partial charge on any atom is 0.0854 e. The minimum absolute atomic E-state index is 0.106. The number of halogens is 3. The topological polar surface area (TPSA) is 0 Å². The van der Waals surface area contributed by atoms with Crippen molar-refractivity contribution >= 4 is 54.8 Å². The van der Waals surface area contributed by atoms with Crippen LogP contribution in [0.4, 0.5) is 0 Å². The molecule has 102 valence electrons. The van der Waals surface area contributed by atoms with Crippen molar-refractivity contribution in [3.63, 3.8) is 0 Å². The van der Waals surface area contributed by atoms with Gasteiger partial charge in [-0.1, -0.05) is 38.1 Å². The van der Waals surface area contributed by atoms with Gasteiger partial charge < -0.3 is 0 Å². The van der Waals surface area contributed by atoms with E-state index in [0.29, 0.717) is 5.92 Å². The molecule has 0 saturated heterocycles. The van der Waals surface area contributed by atoms with Crippen LogP contribution in [0.2, 0.25) is 0 Å². The van der Waals surface area contributed by atoms with Crippen molar-refractivity contribution < 1.29 is 0 Å². The monoisotopic (exact) mass is 420 g/mol. The highest BCUT2D eigenvalue weighted by Crippen LogP contribution is 2.40. The van der Waals surface area contributed by atoms with E-state index in [1.807, 2.05) is 0 Å². The van der Waals surface area contributed by atoms with Gasteiger partial charge in [0.25, 0.3) is 0 Å². The summed E-state index contributed by atoms with van der Waals surface area (Å²) in [7, 11) is 0. The lowest BCUT2D eigenvalue weighted by atomic mass is 10.00. The molecule has 1 aromatic heterocycles. The van der Waals surface area contributed by atoms with E-state index >= 15 is 0 Å². The highest BCUT2D eigenvalue weighted by molar-refractivity contribution is 9.12. The lowest BCUT2D eigenvalue weighted by molar-refractivity contribution is 0.647.